The molecular weight excluding hydrogens is 476 g/mol. The van der Waals surface area contributed by atoms with E-state index in [1.54, 1.807) is 19.2 Å². The van der Waals surface area contributed by atoms with Crippen molar-refractivity contribution in [1.29, 1.82) is 0 Å². The largest absolute Gasteiger partial charge is 0.496 e. The molecule has 4 aliphatic rings. The fourth-order valence-corrected chi connectivity index (χ4v) is 7.18. The van der Waals surface area contributed by atoms with E-state index in [1.165, 1.54) is 19.3 Å². The summed E-state index contributed by atoms with van der Waals surface area (Å²) < 4.78 is 11.8. The zero-order valence-electron chi connectivity index (χ0n) is 21.9. The topological polar surface area (TPSA) is 76.7 Å². The van der Waals surface area contributed by atoms with Gasteiger partial charge in [-0.2, -0.15) is 0 Å². The third kappa shape index (κ3) is 5.20. The zero-order chi connectivity index (χ0) is 25.4. The van der Waals surface area contributed by atoms with E-state index in [-0.39, 0.29) is 35.3 Å². The Balaban J connectivity index is 1.30. The van der Waals surface area contributed by atoms with Crippen molar-refractivity contribution in [3.05, 3.63) is 22.7 Å². The van der Waals surface area contributed by atoms with Crippen LogP contribution in [0.15, 0.2) is 12.1 Å². The highest BCUT2D eigenvalue weighted by molar-refractivity contribution is 6.32. The SMILES string of the molecule is COc1cc(Cl)c(OC2CCC(C)CC2)cc1C(=O)N[C@@H]1[C@H]2CC[C@H](C2)[C@@H]1C(=O)NCC1(C)CCC1. The molecule has 4 saturated carbocycles. The number of halogens is 1. The maximum absolute atomic E-state index is 13.6. The van der Waals surface area contributed by atoms with Crippen molar-refractivity contribution >= 4 is 23.4 Å². The van der Waals surface area contributed by atoms with E-state index in [9.17, 15) is 9.59 Å². The highest BCUT2D eigenvalue weighted by Gasteiger charge is 2.51. The number of carbonyl (C=O) groups excluding carboxylic acids is 2. The van der Waals surface area contributed by atoms with Crippen LogP contribution in [0.5, 0.6) is 11.5 Å². The van der Waals surface area contributed by atoms with Gasteiger partial charge in [0.25, 0.3) is 5.91 Å². The van der Waals surface area contributed by atoms with E-state index in [4.69, 9.17) is 21.1 Å². The van der Waals surface area contributed by atoms with Gasteiger partial charge in [-0.3, -0.25) is 9.59 Å². The summed E-state index contributed by atoms with van der Waals surface area (Å²) in [5.74, 6) is 2.05. The number of ether oxygens (including phenoxy) is 2. The summed E-state index contributed by atoms with van der Waals surface area (Å²) in [5.41, 5.74) is 0.639. The monoisotopic (exact) mass is 516 g/mol. The predicted molar refractivity (Wildman–Crippen MR) is 141 cm³/mol. The van der Waals surface area contributed by atoms with Crippen molar-refractivity contribution in [1.82, 2.24) is 10.6 Å². The molecule has 0 radical (unpaired) electrons. The second-order valence-corrected chi connectivity index (χ2v) is 12.6. The van der Waals surface area contributed by atoms with E-state index >= 15 is 0 Å². The Morgan fingerprint density at radius 3 is 2.44 bits per heavy atom. The van der Waals surface area contributed by atoms with Crippen LogP contribution in [-0.4, -0.2) is 37.6 Å². The van der Waals surface area contributed by atoms with Gasteiger partial charge in [0, 0.05) is 18.7 Å². The molecule has 36 heavy (non-hydrogen) atoms. The molecule has 0 aliphatic heterocycles. The molecule has 4 fully saturated rings. The van der Waals surface area contributed by atoms with Crippen LogP contribution >= 0.6 is 11.6 Å². The predicted octanol–water partition coefficient (Wildman–Crippen LogP) is 5.76. The summed E-state index contributed by atoms with van der Waals surface area (Å²) in [6.45, 7) is 5.25. The minimum Gasteiger partial charge on any atom is -0.496 e. The van der Waals surface area contributed by atoms with Crippen LogP contribution in [0.4, 0.5) is 0 Å². The summed E-state index contributed by atoms with van der Waals surface area (Å²) >= 11 is 6.52. The lowest BCUT2D eigenvalue weighted by Crippen LogP contribution is -2.51. The normalized spacial score (nSPS) is 32.4. The number of benzene rings is 1. The Morgan fingerprint density at radius 1 is 1.06 bits per heavy atom. The standard InChI is InChI=1S/C29H41ClN2O4/c1-17-5-9-20(10-6-17)36-24-14-21(23(35-3)15-22(24)30)27(33)32-26-19-8-7-18(13-19)25(26)28(34)31-16-29(2)11-4-12-29/h14-15,17-20,25-26H,4-13,16H2,1-3H3,(H,31,34)(H,32,33)/t17?,18-,19+,20?,25+,26-/m1/s1. The molecule has 4 atom stereocenters. The Labute approximate surface area is 220 Å². The molecule has 198 valence electrons. The summed E-state index contributed by atoms with van der Waals surface area (Å²) in [7, 11) is 1.54. The lowest BCUT2D eigenvalue weighted by atomic mass is 9.70. The van der Waals surface area contributed by atoms with Gasteiger partial charge in [-0.1, -0.05) is 31.9 Å². The van der Waals surface area contributed by atoms with Gasteiger partial charge in [0.05, 0.1) is 29.7 Å². The Bertz CT molecular complexity index is 986. The molecule has 7 heteroatoms. The Morgan fingerprint density at radius 2 is 1.78 bits per heavy atom. The van der Waals surface area contributed by atoms with E-state index in [1.807, 2.05) is 0 Å². The maximum atomic E-state index is 13.6. The quantitative estimate of drug-likeness (QED) is 0.460. The molecule has 6 nitrogen and oxygen atoms in total. The van der Waals surface area contributed by atoms with Crippen molar-refractivity contribution in [3.63, 3.8) is 0 Å². The van der Waals surface area contributed by atoms with Crippen LogP contribution in [0.1, 0.15) is 88.4 Å². The molecule has 2 amide bonds. The van der Waals surface area contributed by atoms with Crippen molar-refractivity contribution in [2.45, 2.75) is 90.2 Å². The smallest absolute Gasteiger partial charge is 0.255 e. The average Bonchev–Trinajstić information content (AvgIpc) is 3.45. The van der Waals surface area contributed by atoms with Crippen LogP contribution in [0, 0.1) is 29.1 Å². The lowest BCUT2D eigenvalue weighted by molar-refractivity contribution is -0.128. The van der Waals surface area contributed by atoms with Gasteiger partial charge in [-0.15, -0.1) is 0 Å². The summed E-state index contributed by atoms with van der Waals surface area (Å²) in [5, 5.41) is 6.91. The molecular formula is C29H41ClN2O4. The number of hydrogen-bond donors (Lipinski definition) is 2. The maximum Gasteiger partial charge on any atom is 0.255 e. The first-order chi connectivity index (χ1) is 17.3. The summed E-state index contributed by atoms with van der Waals surface area (Å²) in [6, 6.07) is 3.23. The molecule has 1 aromatic carbocycles. The number of methoxy groups -OCH3 is 1. The van der Waals surface area contributed by atoms with Gasteiger partial charge >= 0.3 is 0 Å². The minimum absolute atomic E-state index is 0.0965. The van der Waals surface area contributed by atoms with Crippen LogP contribution in [0.3, 0.4) is 0 Å². The number of nitrogens with one attached hydrogen (secondary N) is 2. The van der Waals surface area contributed by atoms with Crippen LogP contribution in [-0.2, 0) is 4.79 Å². The molecule has 1 aromatic rings. The first-order valence-electron chi connectivity index (χ1n) is 13.9. The summed E-state index contributed by atoms with van der Waals surface area (Å²) in [4.78, 5) is 26.9. The molecule has 4 aliphatic carbocycles. The van der Waals surface area contributed by atoms with Gasteiger partial charge in [-0.25, -0.2) is 0 Å². The molecule has 2 bridgehead atoms. The van der Waals surface area contributed by atoms with Gasteiger partial charge in [0.15, 0.2) is 0 Å². The highest BCUT2D eigenvalue weighted by atomic mass is 35.5. The summed E-state index contributed by atoms with van der Waals surface area (Å²) in [6.07, 6.45) is 11.1. The molecule has 2 N–H and O–H groups in total. The van der Waals surface area contributed by atoms with E-state index in [0.717, 1.165) is 57.4 Å². The molecule has 0 unspecified atom stereocenters. The Kier molecular flexibility index (Phi) is 7.44. The third-order valence-corrected chi connectivity index (χ3v) is 9.82. The first kappa shape index (κ1) is 25.7. The fourth-order valence-electron chi connectivity index (χ4n) is 6.98. The van der Waals surface area contributed by atoms with E-state index in [2.05, 4.69) is 24.5 Å². The number of rotatable bonds is 8. The Hall–Kier alpha value is -1.95. The van der Waals surface area contributed by atoms with E-state index < -0.39 is 0 Å². The molecule has 0 heterocycles. The van der Waals surface area contributed by atoms with Crippen LogP contribution < -0.4 is 20.1 Å². The van der Waals surface area contributed by atoms with Crippen molar-refractivity contribution in [3.8, 4) is 11.5 Å². The van der Waals surface area contributed by atoms with Gasteiger partial charge in [0.1, 0.15) is 11.5 Å². The van der Waals surface area contributed by atoms with Gasteiger partial charge in [0.2, 0.25) is 5.91 Å². The molecule has 0 saturated heterocycles. The lowest BCUT2D eigenvalue weighted by Gasteiger charge is -2.39. The number of carbonyl (C=O) groups is 2. The minimum atomic E-state index is -0.230. The van der Waals surface area contributed by atoms with Crippen molar-refractivity contribution < 1.29 is 19.1 Å². The van der Waals surface area contributed by atoms with Crippen molar-refractivity contribution in [2.24, 2.45) is 29.1 Å². The number of fused-ring (bicyclic) bond motifs is 2. The van der Waals surface area contributed by atoms with Crippen LogP contribution in [0.2, 0.25) is 5.02 Å². The number of amides is 2. The number of hydrogen-bond acceptors (Lipinski definition) is 4. The van der Waals surface area contributed by atoms with Gasteiger partial charge in [-0.05, 0) is 87.0 Å². The highest BCUT2D eigenvalue weighted by Crippen LogP contribution is 2.49. The zero-order valence-corrected chi connectivity index (χ0v) is 22.7. The van der Waals surface area contributed by atoms with E-state index in [0.29, 0.717) is 33.9 Å². The molecule has 5 rings (SSSR count). The second-order valence-electron chi connectivity index (χ2n) is 12.2. The van der Waals surface area contributed by atoms with Gasteiger partial charge < -0.3 is 20.1 Å². The fraction of sp³-hybridized carbons (Fsp3) is 0.724. The third-order valence-electron chi connectivity index (χ3n) is 9.52. The van der Waals surface area contributed by atoms with Crippen LogP contribution in [0.25, 0.3) is 0 Å². The first-order valence-corrected chi connectivity index (χ1v) is 14.3. The molecule has 0 spiro atoms. The van der Waals surface area contributed by atoms with Crippen molar-refractivity contribution in [2.75, 3.05) is 13.7 Å². The molecule has 0 aromatic heterocycles. The second kappa shape index (κ2) is 10.4. The average molecular weight is 517 g/mol.